The fourth-order valence-electron chi connectivity index (χ4n) is 3.48. The summed E-state index contributed by atoms with van der Waals surface area (Å²) in [5.74, 6) is 1.90. The van der Waals surface area contributed by atoms with Gasteiger partial charge in [-0.3, -0.25) is 9.48 Å². The van der Waals surface area contributed by atoms with E-state index in [0.29, 0.717) is 49.4 Å². The van der Waals surface area contributed by atoms with Crippen molar-refractivity contribution in [1.82, 2.24) is 24.8 Å². The first-order valence-corrected chi connectivity index (χ1v) is 10.0. The van der Waals surface area contributed by atoms with E-state index in [4.69, 9.17) is 14.0 Å². The van der Waals surface area contributed by atoms with Crippen LogP contribution in [-0.4, -0.2) is 70.2 Å². The number of likely N-dealkylation sites (tertiary alicyclic amines) is 1. The van der Waals surface area contributed by atoms with Gasteiger partial charge in [-0.2, -0.15) is 10.1 Å². The van der Waals surface area contributed by atoms with Gasteiger partial charge in [0.2, 0.25) is 5.89 Å². The van der Waals surface area contributed by atoms with Crippen molar-refractivity contribution >= 4 is 5.91 Å². The Morgan fingerprint density at radius 3 is 2.89 bits per heavy atom. The van der Waals surface area contributed by atoms with Gasteiger partial charge in [-0.05, 0) is 31.7 Å². The Kier molecular flexibility index (Phi) is 6.01. The predicted molar refractivity (Wildman–Crippen MR) is 98.9 cm³/mol. The molecule has 0 aliphatic carbocycles. The quantitative estimate of drug-likeness (QED) is 0.632. The monoisotopic (exact) mass is 389 g/mol. The summed E-state index contributed by atoms with van der Waals surface area (Å²) in [6, 6.07) is 1.75. The third kappa shape index (κ3) is 4.41. The average molecular weight is 389 g/mol. The topological polar surface area (TPSA) is 95.5 Å². The molecule has 0 saturated carbocycles. The Labute approximate surface area is 164 Å². The van der Waals surface area contributed by atoms with Crippen molar-refractivity contribution in [2.45, 2.75) is 38.6 Å². The molecule has 9 nitrogen and oxygen atoms in total. The normalized spacial score (nSPS) is 18.4. The molecule has 2 aliphatic rings. The molecule has 2 aliphatic heterocycles. The number of ether oxygens (including phenoxy) is 2. The molecule has 0 spiro atoms. The number of hydrogen-bond donors (Lipinski definition) is 0. The highest BCUT2D eigenvalue weighted by molar-refractivity contribution is 5.92. The van der Waals surface area contributed by atoms with Gasteiger partial charge >= 0.3 is 0 Å². The maximum absolute atomic E-state index is 12.4. The first-order valence-electron chi connectivity index (χ1n) is 10.0. The number of aryl methyl sites for hydroxylation is 1. The van der Waals surface area contributed by atoms with Crippen LogP contribution in [0.2, 0.25) is 0 Å². The van der Waals surface area contributed by atoms with E-state index in [0.717, 1.165) is 39.2 Å². The van der Waals surface area contributed by atoms with Crippen LogP contribution >= 0.6 is 0 Å². The molecule has 0 radical (unpaired) electrons. The van der Waals surface area contributed by atoms with Crippen molar-refractivity contribution in [3.05, 3.63) is 29.7 Å². The number of nitrogens with zero attached hydrogens (tertiary/aromatic N) is 5. The largest absolute Gasteiger partial charge is 0.381 e. The maximum Gasteiger partial charge on any atom is 0.274 e. The van der Waals surface area contributed by atoms with Gasteiger partial charge in [0.1, 0.15) is 5.69 Å². The van der Waals surface area contributed by atoms with E-state index in [2.05, 4.69) is 15.2 Å². The van der Waals surface area contributed by atoms with Crippen LogP contribution in [0.4, 0.5) is 0 Å². The average Bonchev–Trinajstić information content (AvgIpc) is 3.34. The minimum Gasteiger partial charge on any atom is -0.381 e. The van der Waals surface area contributed by atoms with Gasteiger partial charge in [-0.15, -0.1) is 0 Å². The van der Waals surface area contributed by atoms with Crippen LogP contribution in [0.5, 0.6) is 0 Å². The molecule has 2 fully saturated rings. The first kappa shape index (κ1) is 19.1. The fourth-order valence-corrected chi connectivity index (χ4v) is 3.48. The third-order valence-corrected chi connectivity index (χ3v) is 5.35. The highest BCUT2D eigenvalue weighted by atomic mass is 16.5. The molecular formula is C19H27N5O4. The Morgan fingerprint density at radius 2 is 2.14 bits per heavy atom. The van der Waals surface area contributed by atoms with Crippen LogP contribution in [0.15, 0.2) is 16.8 Å². The molecule has 2 aromatic rings. The van der Waals surface area contributed by atoms with Gasteiger partial charge in [0.25, 0.3) is 5.91 Å². The van der Waals surface area contributed by atoms with Crippen molar-refractivity contribution in [3.8, 4) is 0 Å². The van der Waals surface area contributed by atoms with Crippen LogP contribution in [0.25, 0.3) is 0 Å². The van der Waals surface area contributed by atoms with Crippen molar-refractivity contribution in [3.63, 3.8) is 0 Å². The molecule has 152 valence electrons. The van der Waals surface area contributed by atoms with E-state index in [1.54, 1.807) is 15.6 Å². The summed E-state index contributed by atoms with van der Waals surface area (Å²) in [4.78, 5) is 18.6. The van der Waals surface area contributed by atoms with Gasteiger partial charge in [0.05, 0.1) is 12.5 Å². The number of aromatic nitrogens is 4. The van der Waals surface area contributed by atoms with E-state index >= 15 is 0 Å². The molecule has 9 heteroatoms. The summed E-state index contributed by atoms with van der Waals surface area (Å²) in [6.45, 7) is 6.93. The maximum atomic E-state index is 12.4. The lowest BCUT2D eigenvalue weighted by Gasteiger charge is -2.36. The summed E-state index contributed by atoms with van der Waals surface area (Å²) in [5.41, 5.74) is 0.480. The highest BCUT2D eigenvalue weighted by Gasteiger charge is 2.36. The Balaban J connectivity index is 1.18. The van der Waals surface area contributed by atoms with Gasteiger partial charge in [0.15, 0.2) is 5.82 Å². The van der Waals surface area contributed by atoms with E-state index in [-0.39, 0.29) is 11.8 Å². The molecule has 0 N–H and O–H groups in total. The molecule has 2 aromatic heterocycles. The number of carbonyl (C=O) groups excluding carboxylic acids is 1. The number of amides is 1. The van der Waals surface area contributed by atoms with E-state index in [9.17, 15) is 4.79 Å². The smallest absolute Gasteiger partial charge is 0.274 e. The third-order valence-electron chi connectivity index (χ3n) is 5.35. The molecule has 0 aromatic carbocycles. The summed E-state index contributed by atoms with van der Waals surface area (Å²) in [7, 11) is 0. The fraction of sp³-hybridized carbons (Fsp3) is 0.684. The molecule has 0 bridgehead atoms. The minimum absolute atomic E-state index is 0.0512. The van der Waals surface area contributed by atoms with Gasteiger partial charge in [0, 0.05) is 52.1 Å². The lowest BCUT2D eigenvalue weighted by atomic mass is 10.00. The molecule has 0 unspecified atom stereocenters. The summed E-state index contributed by atoms with van der Waals surface area (Å²) < 4.78 is 18.2. The molecule has 4 rings (SSSR count). The van der Waals surface area contributed by atoms with E-state index < -0.39 is 0 Å². The molecule has 4 heterocycles. The molecule has 0 atom stereocenters. The lowest BCUT2D eigenvalue weighted by Crippen LogP contribution is -2.48. The number of carbonyl (C=O) groups is 1. The van der Waals surface area contributed by atoms with Crippen molar-refractivity contribution < 1.29 is 18.8 Å². The van der Waals surface area contributed by atoms with Crippen LogP contribution in [-0.2, 0) is 22.4 Å². The molecular weight excluding hydrogens is 362 g/mol. The van der Waals surface area contributed by atoms with Crippen LogP contribution in [0, 0.1) is 5.92 Å². The van der Waals surface area contributed by atoms with Gasteiger partial charge in [-0.25, -0.2) is 0 Å². The first-order chi connectivity index (χ1) is 13.7. The Hall–Kier alpha value is -2.26. The van der Waals surface area contributed by atoms with E-state index in [1.165, 1.54) is 0 Å². The predicted octanol–water partition coefficient (Wildman–Crippen LogP) is 1.51. The summed E-state index contributed by atoms with van der Waals surface area (Å²) in [6.07, 6.45) is 4.60. The lowest BCUT2D eigenvalue weighted by molar-refractivity contribution is 0.0211. The van der Waals surface area contributed by atoms with Crippen molar-refractivity contribution in [2.75, 3.05) is 39.5 Å². The van der Waals surface area contributed by atoms with Crippen molar-refractivity contribution in [2.24, 2.45) is 5.92 Å². The van der Waals surface area contributed by atoms with E-state index in [1.807, 2.05) is 13.1 Å². The zero-order valence-electron chi connectivity index (χ0n) is 16.2. The standard InChI is InChI=1S/C19H27N5O4/c1-2-24-7-3-16(21-24)19(25)23-11-15(12-23)18-20-17(22-28-18)6-10-27-13-14-4-8-26-9-5-14/h3,7,14-15H,2,4-6,8-13H2,1H3. The zero-order valence-corrected chi connectivity index (χ0v) is 16.2. The van der Waals surface area contributed by atoms with Crippen molar-refractivity contribution in [1.29, 1.82) is 0 Å². The number of rotatable bonds is 8. The van der Waals surface area contributed by atoms with Crippen LogP contribution in [0.1, 0.15) is 47.9 Å². The Morgan fingerprint density at radius 1 is 1.32 bits per heavy atom. The Bertz CT molecular complexity index is 777. The molecule has 28 heavy (non-hydrogen) atoms. The van der Waals surface area contributed by atoms with Gasteiger partial charge < -0.3 is 18.9 Å². The van der Waals surface area contributed by atoms with Crippen LogP contribution in [0.3, 0.4) is 0 Å². The minimum atomic E-state index is -0.0512. The molecule has 2 saturated heterocycles. The second-order valence-electron chi connectivity index (χ2n) is 7.39. The van der Waals surface area contributed by atoms with Crippen LogP contribution < -0.4 is 0 Å². The zero-order chi connectivity index (χ0) is 19.3. The second kappa shape index (κ2) is 8.83. The second-order valence-corrected chi connectivity index (χ2v) is 7.39. The van der Waals surface area contributed by atoms with Gasteiger partial charge in [-0.1, -0.05) is 5.16 Å². The molecule has 1 amide bonds. The summed E-state index contributed by atoms with van der Waals surface area (Å²) in [5, 5.41) is 8.30. The highest BCUT2D eigenvalue weighted by Crippen LogP contribution is 2.27. The number of hydrogen-bond acceptors (Lipinski definition) is 7. The SMILES string of the molecule is CCn1ccc(C(=O)N2CC(c3nc(CCOCC4CCOCC4)no3)C2)n1. The summed E-state index contributed by atoms with van der Waals surface area (Å²) >= 11 is 0.